The summed E-state index contributed by atoms with van der Waals surface area (Å²) in [5.41, 5.74) is 4.40. The van der Waals surface area contributed by atoms with Crippen molar-refractivity contribution in [2.75, 3.05) is 0 Å². The number of hydrogen-bond donors (Lipinski definition) is 0. The van der Waals surface area contributed by atoms with Crippen LogP contribution in [0.15, 0.2) is 72.8 Å². The zero-order valence-corrected chi connectivity index (χ0v) is 13.0. The number of benzene rings is 3. The Morgan fingerprint density at radius 2 is 1.52 bits per heavy atom. The number of aromatic nitrogens is 1. The monoisotopic (exact) mass is 299 g/mol. The first-order chi connectivity index (χ1) is 11.2. The second-order valence-corrected chi connectivity index (χ2v) is 5.88. The van der Waals surface area contributed by atoms with Crippen LogP contribution in [-0.2, 0) is 6.54 Å². The van der Waals surface area contributed by atoms with E-state index >= 15 is 0 Å². The van der Waals surface area contributed by atoms with Gasteiger partial charge in [-0.3, -0.25) is 4.79 Å². The minimum absolute atomic E-state index is 0.104. The maximum Gasteiger partial charge on any atom is 0.159 e. The first-order valence-corrected chi connectivity index (χ1v) is 7.80. The highest BCUT2D eigenvalue weighted by Crippen LogP contribution is 2.30. The van der Waals surface area contributed by atoms with E-state index in [1.54, 1.807) is 6.92 Å². The van der Waals surface area contributed by atoms with E-state index in [-0.39, 0.29) is 5.78 Å². The summed E-state index contributed by atoms with van der Waals surface area (Å²) in [5, 5.41) is 2.34. The topological polar surface area (TPSA) is 22.0 Å². The van der Waals surface area contributed by atoms with Crippen molar-refractivity contribution in [2.45, 2.75) is 13.5 Å². The van der Waals surface area contributed by atoms with Crippen molar-refractivity contribution in [3.63, 3.8) is 0 Å². The lowest BCUT2D eigenvalue weighted by atomic mass is 10.1. The van der Waals surface area contributed by atoms with E-state index in [0.717, 1.165) is 17.5 Å². The van der Waals surface area contributed by atoms with E-state index in [9.17, 15) is 4.79 Å². The molecule has 4 rings (SSSR count). The molecule has 3 aromatic carbocycles. The normalized spacial score (nSPS) is 11.2. The fourth-order valence-corrected chi connectivity index (χ4v) is 3.21. The van der Waals surface area contributed by atoms with Crippen LogP contribution in [0, 0.1) is 0 Å². The van der Waals surface area contributed by atoms with Crippen molar-refractivity contribution in [3.8, 4) is 0 Å². The minimum atomic E-state index is 0.104. The Kier molecular flexibility index (Phi) is 3.23. The number of carbonyl (C=O) groups is 1. The number of nitrogens with zero attached hydrogens (tertiary/aromatic N) is 1. The van der Waals surface area contributed by atoms with E-state index in [1.165, 1.54) is 22.0 Å². The zero-order chi connectivity index (χ0) is 15.8. The van der Waals surface area contributed by atoms with E-state index in [1.807, 2.05) is 18.2 Å². The van der Waals surface area contributed by atoms with Crippen LogP contribution in [0.25, 0.3) is 21.8 Å². The Labute approximate surface area is 135 Å². The molecule has 23 heavy (non-hydrogen) atoms. The van der Waals surface area contributed by atoms with Gasteiger partial charge in [-0.05, 0) is 36.8 Å². The van der Waals surface area contributed by atoms with Gasteiger partial charge < -0.3 is 4.57 Å². The van der Waals surface area contributed by atoms with Gasteiger partial charge in [0.1, 0.15) is 0 Å². The van der Waals surface area contributed by atoms with E-state index in [4.69, 9.17) is 0 Å². The van der Waals surface area contributed by atoms with Gasteiger partial charge in [0.05, 0.1) is 0 Å². The fourth-order valence-electron chi connectivity index (χ4n) is 3.21. The molecule has 0 unspecified atom stereocenters. The molecule has 2 nitrogen and oxygen atoms in total. The second kappa shape index (κ2) is 5.40. The Morgan fingerprint density at radius 1 is 0.826 bits per heavy atom. The molecule has 2 heteroatoms. The van der Waals surface area contributed by atoms with E-state index in [2.05, 4.69) is 59.2 Å². The van der Waals surface area contributed by atoms with Crippen LogP contribution in [0.3, 0.4) is 0 Å². The SMILES string of the molecule is CC(=O)c1ccc2c(c1)c1ccccc1n2Cc1ccccc1. The predicted molar refractivity (Wildman–Crippen MR) is 95.0 cm³/mol. The third-order valence-electron chi connectivity index (χ3n) is 4.36. The maximum absolute atomic E-state index is 11.7. The summed E-state index contributed by atoms with van der Waals surface area (Å²) < 4.78 is 2.32. The molecule has 1 aromatic heterocycles. The van der Waals surface area contributed by atoms with Gasteiger partial charge in [-0.2, -0.15) is 0 Å². The average Bonchev–Trinajstić information content (AvgIpc) is 2.90. The van der Waals surface area contributed by atoms with Gasteiger partial charge in [0.2, 0.25) is 0 Å². The van der Waals surface area contributed by atoms with Crippen molar-refractivity contribution in [3.05, 3.63) is 83.9 Å². The zero-order valence-electron chi connectivity index (χ0n) is 13.0. The van der Waals surface area contributed by atoms with Gasteiger partial charge in [0.25, 0.3) is 0 Å². The summed E-state index contributed by atoms with van der Waals surface area (Å²) in [6, 6.07) is 24.8. The summed E-state index contributed by atoms with van der Waals surface area (Å²) in [7, 11) is 0. The number of carbonyl (C=O) groups excluding carboxylic acids is 1. The number of para-hydroxylation sites is 1. The van der Waals surface area contributed by atoms with Crippen molar-refractivity contribution in [2.24, 2.45) is 0 Å². The molecule has 0 aliphatic rings. The number of ketones is 1. The molecule has 0 aliphatic heterocycles. The summed E-state index contributed by atoms with van der Waals surface area (Å²) in [6.45, 7) is 2.44. The van der Waals surface area contributed by atoms with E-state index in [0.29, 0.717) is 0 Å². The summed E-state index contributed by atoms with van der Waals surface area (Å²) in [5.74, 6) is 0.104. The second-order valence-electron chi connectivity index (χ2n) is 5.88. The fraction of sp³-hybridized carbons (Fsp3) is 0.0952. The highest BCUT2D eigenvalue weighted by molar-refractivity contribution is 6.10. The number of hydrogen-bond acceptors (Lipinski definition) is 1. The van der Waals surface area contributed by atoms with Crippen LogP contribution in [0.1, 0.15) is 22.8 Å². The molecule has 0 saturated carbocycles. The average molecular weight is 299 g/mol. The lowest BCUT2D eigenvalue weighted by Gasteiger charge is -2.08. The third kappa shape index (κ3) is 2.33. The lowest BCUT2D eigenvalue weighted by molar-refractivity contribution is 0.101. The van der Waals surface area contributed by atoms with Crippen molar-refractivity contribution >= 4 is 27.6 Å². The lowest BCUT2D eigenvalue weighted by Crippen LogP contribution is -1.99. The van der Waals surface area contributed by atoms with Crippen LogP contribution in [-0.4, -0.2) is 10.4 Å². The third-order valence-corrected chi connectivity index (χ3v) is 4.36. The van der Waals surface area contributed by atoms with Crippen molar-refractivity contribution in [1.82, 2.24) is 4.57 Å². The Balaban J connectivity index is 1.99. The quantitative estimate of drug-likeness (QED) is 0.485. The Hall–Kier alpha value is -2.87. The van der Waals surface area contributed by atoms with Gasteiger partial charge >= 0.3 is 0 Å². The Morgan fingerprint density at radius 3 is 2.30 bits per heavy atom. The standard InChI is InChI=1S/C21H17NO/c1-15(23)17-11-12-21-19(13-17)18-9-5-6-10-20(18)22(21)14-16-7-3-2-4-8-16/h2-13H,14H2,1H3. The van der Waals surface area contributed by atoms with Gasteiger partial charge in [-0.1, -0.05) is 48.5 Å². The molecule has 0 aliphatic carbocycles. The molecule has 112 valence electrons. The largest absolute Gasteiger partial charge is 0.336 e. The summed E-state index contributed by atoms with van der Waals surface area (Å²) in [6.07, 6.45) is 0. The van der Waals surface area contributed by atoms with Crippen LogP contribution in [0.2, 0.25) is 0 Å². The van der Waals surface area contributed by atoms with Gasteiger partial charge in [0, 0.05) is 33.9 Å². The molecule has 1 heterocycles. The van der Waals surface area contributed by atoms with E-state index < -0.39 is 0 Å². The van der Waals surface area contributed by atoms with Crippen LogP contribution in [0.5, 0.6) is 0 Å². The molecule has 0 radical (unpaired) electrons. The molecule has 0 fully saturated rings. The molecular weight excluding hydrogens is 282 g/mol. The van der Waals surface area contributed by atoms with Crippen molar-refractivity contribution in [1.29, 1.82) is 0 Å². The summed E-state index contributed by atoms with van der Waals surface area (Å²) in [4.78, 5) is 11.7. The molecular formula is C21H17NO. The predicted octanol–water partition coefficient (Wildman–Crippen LogP) is 5.05. The summed E-state index contributed by atoms with van der Waals surface area (Å²) >= 11 is 0. The molecule has 0 bridgehead atoms. The molecule has 0 spiro atoms. The van der Waals surface area contributed by atoms with Gasteiger partial charge in [0.15, 0.2) is 5.78 Å². The Bertz CT molecular complexity index is 1010. The first-order valence-electron chi connectivity index (χ1n) is 7.80. The number of rotatable bonds is 3. The van der Waals surface area contributed by atoms with Crippen LogP contribution in [0.4, 0.5) is 0 Å². The number of fused-ring (bicyclic) bond motifs is 3. The van der Waals surface area contributed by atoms with Crippen LogP contribution >= 0.6 is 0 Å². The molecule has 0 saturated heterocycles. The molecule has 0 amide bonds. The highest BCUT2D eigenvalue weighted by Gasteiger charge is 2.12. The molecule has 0 N–H and O–H groups in total. The minimum Gasteiger partial charge on any atom is -0.336 e. The maximum atomic E-state index is 11.7. The van der Waals surface area contributed by atoms with Crippen LogP contribution < -0.4 is 0 Å². The van der Waals surface area contributed by atoms with Crippen molar-refractivity contribution < 1.29 is 4.79 Å². The molecule has 0 atom stereocenters. The van der Waals surface area contributed by atoms with Gasteiger partial charge in [-0.15, -0.1) is 0 Å². The smallest absolute Gasteiger partial charge is 0.159 e. The highest BCUT2D eigenvalue weighted by atomic mass is 16.1. The van der Waals surface area contributed by atoms with Gasteiger partial charge in [-0.25, -0.2) is 0 Å². The first kappa shape index (κ1) is 13.8. The number of Topliss-reactive ketones (excluding diaryl/α,β-unsaturated/α-hetero) is 1. The molecule has 4 aromatic rings.